The number of rotatable bonds is 4. The molecule has 2 rings (SSSR count). The van der Waals surface area contributed by atoms with E-state index in [1.807, 2.05) is 19.1 Å². The first-order valence-electron chi connectivity index (χ1n) is 6.39. The fourth-order valence-corrected chi connectivity index (χ4v) is 2.01. The summed E-state index contributed by atoms with van der Waals surface area (Å²) in [6, 6.07) is 10.6. The molecule has 0 aliphatic heterocycles. The Morgan fingerprint density at radius 3 is 2.67 bits per heavy atom. The summed E-state index contributed by atoms with van der Waals surface area (Å²) in [7, 11) is 0. The maximum atomic E-state index is 12.2. The molecule has 0 aliphatic rings. The molecule has 21 heavy (non-hydrogen) atoms. The summed E-state index contributed by atoms with van der Waals surface area (Å²) in [5.41, 5.74) is 1.00. The second kappa shape index (κ2) is 6.04. The van der Waals surface area contributed by atoms with E-state index in [2.05, 4.69) is 5.32 Å². The lowest BCUT2D eigenvalue weighted by molar-refractivity contribution is -0.385. The Balaban J connectivity index is 2.37. The van der Waals surface area contributed by atoms with Crippen LogP contribution in [0, 0.1) is 10.1 Å². The van der Waals surface area contributed by atoms with Crippen LogP contribution in [-0.2, 0) is 6.42 Å². The molecule has 0 saturated carbocycles. The van der Waals surface area contributed by atoms with Crippen LogP contribution >= 0.6 is 0 Å². The molecular weight excluding hydrogens is 272 g/mol. The Morgan fingerprint density at radius 2 is 2.00 bits per heavy atom. The number of para-hydroxylation sites is 1. The number of carbonyl (C=O) groups excluding carboxylic acids is 1. The SMILES string of the molecule is CCc1ccccc1NC(=O)c1cc(O)ccc1[N+](=O)[O-]. The molecule has 0 spiro atoms. The number of nitro benzene ring substituents is 1. The number of nitrogens with one attached hydrogen (secondary N) is 1. The van der Waals surface area contributed by atoms with Crippen molar-refractivity contribution in [3.8, 4) is 5.75 Å². The van der Waals surface area contributed by atoms with Gasteiger partial charge in [-0.15, -0.1) is 0 Å². The van der Waals surface area contributed by atoms with E-state index in [4.69, 9.17) is 0 Å². The van der Waals surface area contributed by atoms with Gasteiger partial charge >= 0.3 is 0 Å². The third kappa shape index (κ3) is 3.17. The average Bonchev–Trinajstić information content (AvgIpc) is 2.47. The predicted octanol–water partition coefficient (Wildman–Crippen LogP) is 3.12. The molecule has 0 fully saturated rings. The summed E-state index contributed by atoms with van der Waals surface area (Å²) >= 11 is 0. The minimum Gasteiger partial charge on any atom is -0.508 e. The zero-order valence-corrected chi connectivity index (χ0v) is 11.4. The summed E-state index contributed by atoms with van der Waals surface area (Å²) in [6.07, 6.45) is 0.721. The second-order valence-corrected chi connectivity index (χ2v) is 4.42. The zero-order chi connectivity index (χ0) is 15.4. The van der Waals surface area contributed by atoms with Crippen molar-refractivity contribution in [2.75, 3.05) is 5.32 Å². The zero-order valence-electron chi connectivity index (χ0n) is 11.4. The van der Waals surface area contributed by atoms with Gasteiger partial charge in [-0.25, -0.2) is 0 Å². The van der Waals surface area contributed by atoms with Gasteiger partial charge in [0.2, 0.25) is 0 Å². The lowest BCUT2D eigenvalue weighted by Crippen LogP contribution is -2.15. The van der Waals surface area contributed by atoms with Crippen LogP contribution in [0.1, 0.15) is 22.8 Å². The number of aromatic hydroxyl groups is 1. The number of hydrogen-bond donors (Lipinski definition) is 2. The van der Waals surface area contributed by atoms with Crippen molar-refractivity contribution in [3.63, 3.8) is 0 Å². The maximum absolute atomic E-state index is 12.2. The minimum absolute atomic E-state index is 0.175. The standard InChI is InChI=1S/C15H14N2O4/c1-2-10-5-3-4-6-13(10)16-15(19)12-9-11(18)7-8-14(12)17(20)21/h3-9,18H,2H2,1H3,(H,16,19). The predicted molar refractivity (Wildman–Crippen MR) is 78.5 cm³/mol. The van der Waals surface area contributed by atoms with Gasteiger partial charge in [0.25, 0.3) is 11.6 Å². The van der Waals surface area contributed by atoms with Crippen LogP contribution in [0.25, 0.3) is 0 Å². The van der Waals surface area contributed by atoms with Crippen molar-refractivity contribution in [1.82, 2.24) is 0 Å². The van der Waals surface area contributed by atoms with E-state index in [1.165, 1.54) is 6.07 Å². The number of hydrogen-bond acceptors (Lipinski definition) is 4. The van der Waals surface area contributed by atoms with E-state index in [0.29, 0.717) is 5.69 Å². The Bertz CT molecular complexity index is 698. The molecule has 0 saturated heterocycles. The van der Waals surface area contributed by atoms with Gasteiger partial charge in [0, 0.05) is 11.8 Å². The van der Waals surface area contributed by atoms with E-state index in [1.54, 1.807) is 12.1 Å². The molecule has 2 N–H and O–H groups in total. The van der Waals surface area contributed by atoms with Crippen molar-refractivity contribution in [2.45, 2.75) is 13.3 Å². The lowest BCUT2D eigenvalue weighted by Gasteiger charge is -2.10. The Morgan fingerprint density at radius 1 is 1.29 bits per heavy atom. The van der Waals surface area contributed by atoms with Gasteiger partial charge in [-0.05, 0) is 30.2 Å². The van der Waals surface area contributed by atoms with Gasteiger partial charge in [-0.2, -0.15) is 0 Å². The van der Waals surface area contributed by atoms with E-state index in [0.717, 1.165) is 24.1 Å². The molecule has 108 valence electrons. The van der Waals surface area contributed by atoms with Crippen LogP contribution in [0.2, 0.25) is 0 Å². The van der Waals surface area contributed by atoms with E-state index in [-0.39, 0.29) is 17.0 Å². The first-order chi connectivity index (χ1) is 10.0. The van der Waals surface area contributed by atoms with E-state index in [9.17, 15) is 20.0 Å². The van der Waals surface area contributed by atoms with Gasteiger partial charge in [-0.1, -0.05) is 25.1 Å². The summed E-state index contributed by atoms with van der Waals surface area (Å²) in [6.45, 7) is 1.95. The normalized spacial score (nSPS) is 10.1. The van der Waals surface area contributed by atoms with Crippen molar-refractivity contribution >= 4 is 17.3 Å². The fourth-order valence-electron chi connectivity index (χ4n) is 2.01. The van der Waals surface area contributed by atoms with Gasteiger partial charge in [0.05, 0.1) is 4.92 Å². The molecule has 0 heterocycles. The highest BCUT2D eigenvalue weighted by Crippen LogP contribution is 2.25. The Kier molecular flexibility index (Phi) is 4.18. The third-order valence-electron chi connectivity index (χ3n) is 3.07. The van der Waals surface area contributed by atoms with Gasteiger partial charge in [0.15, 0.2) is 0 Å². The first kappa shape index (κ1) is 14.5. The molecule has 0 unspecified atom stereocenters. The van der Waals surface area contributed by atoms with Crippen LogP contribution in [0.5, 0.6) is 5.75 Å². The van der Waals surface area contributed by atoms with E-state index < -0.39 is 10.8 Å². The Hall–Kier alpha value is -2.89. The molecule has 0 radical (unpaired) electrons. The smallest absolute Gasteiger partial charge is 0.282 e. The third-order valence-corrected chi connectivity index (χ3v) is 3.07. The summed E-state index contributed by atoms with van der Waals surface area (Å²) in [5.74, 6) is -0.826. The topological polar surface area (TPSA) is 92.5 Å². The van der Waals surface area contributed by atoms with Gasteiger partial charge in [-0.3, -0.25) is 14.9 Å². The lowest BCUT2D eigenvalue weighted by atomic mass is 10.1. The van der Waals surface area contributed by atoms with Crippen LogP contribution < -0.4 is 5.32 Å². The largest absolute Gasteiger partial charge is 0.508 e. The number of benzene rings is 2. The maximum Gasteiger partial charge on any atom is 0.282 e. The molecule has 6 nitrogen and oxygen atoms in total. The van der Waals surface area contributed by atoms with E-state index >= 15 is 0 Å². The van der Waals surface area contributed by atoms with Crippen molar-refractivity contribution < 1.29 is 14.8 Å². The van der Waals surface area contributed by atoms with Crippen molar-refractivity contribution in [2.24, 2.45) is 0 Å². The summed E-state index contributed by atoms with van der Waals surface area (Å²) in [4.78, 5) is 22.5. The molecule has 2 aromatic rings. The summed E-state index contributed by atoms with van der Waals surface area (Å²) < 4.78 is 0. The summed E-state index contributed by atoms with van der Waals surface area (Å²) in [5, 5.41) is 23.0. The highest BCUT2D eigenvalue weighted by molar-refractivity contribution is 6.07. The number of phenolic OH excluding ortho intramolecular Hbond substituents is 1. The monoisotopic (exact) mass is 286 g/mol. The second-order valence-electron chi connectivity index (χ2n) is 4.42. The van der Waals surface area contributed by atoms with Crippen molar-refractivity contribution in [3.05, 3.63) is 63.7 Å². The van der Waals surface area contributed by atoms with Gasteiger partial charge in [0.1, 0.15) is 11.3 Å². The number of aryl methyl sites for hydroxylation is 1. The molecule has 6 heteroatoms. The number of amides is 1. The minimum atomic E-state index is -0.653. The number of carbonyl (C=O) groups is 1. The van der Waals surface area contributed by atoms with Crippen molar-refractivity contribution in [1.29, 1.82) is 0 Å². The average molecular weight is 286 g/mol. The highest BCUT2D eigenvalue weighted by atomic mass is 16.6. The van der Waals surface area contributed by atoms with Crippen LogP contribution in [-0.4, -0.2) is 15.9 Å². The van der Waals surface area contributed by atoms with Crippen LogP contribution in [0.15, 0.2) is 42.5 Å². The van der Waals surface area contributed by atoms with Gasteiger partial charge < -0.3 is 10.4 Å². The highest BCUT2D eigenvalue weighted by Gasteiger charge is 2.21. The molecule has 2 aromatic carbocycles. The molecular formula is C15H14N2O4. The molecule has 1 amide bonds. The van der Waals surface area contributed by atoms with Crippen LogP contribution in [0.3, 0.4) is 0 Å². The number of nitro groups is 1. The molecule has 0 aliphatic carbocycles. The first-order valence-corrected chi connectivity index (χ1v) is 6.39. The molecule has 0 bridgehead atoms. The quantitative estimate of drug-likeness (QED) is 0.667. The Labute approximate surface area is 121 Å². The number of nitrogens with zero attached hydrogens (tertiary/aromatic N) is 1. The number of phenols is 1. The fraction of sp³-hybridized carbons (Fsp3) is 0.133. The molecule has 0 atom stereocenters. The molecule has 0 aromatic heterocycles. The number of anilines is 1. The van der Waals surface area contributed by atoms with Crippen LogP contribution in [0.4, 0.5) is 11.4 Å².